The first-order valence-electron chi connectivity index (χ1n) is 5.77. The largest absolute Gasteiger partial charge is 0.383 e. The molecule has 1 aliphatic rings. The van der Waals surface area contributed by atoms with Crippen LogP contribution in [-0.4, -0.2) is 43.3 Å². The number of amides is 1. The summed E-state index contributed by atoms with van der Waals surface area (Å²) in [7, 11) is 1.69. The third kappa shape index (κ3) is 2.92. The van der Waals surface area contributed by atoms with Gasteiger partial charge in [0.25, 0.3) is 0 Å². The molecule has 0 aromatic carbocycles. The Bertz CT molecular complexity index is 203. The van der Waals surface area contributed by atoms with Crippen molar-refractivity contribution >= 4 is 5.91 Å². The molecular formula is C11H22N2O2. The second-order valence-electron chi connectivity index (χ2n) is 4.03. The fourth-order valence-corrected chi connectivity index (χ4v) is 2.06. The van der Waals surface area contributed by atoms with Crippen molar-refractivity contribution < 1.29 is 9.53 Å². The van der Waals surface area contributed by atoms with Gasteiger partial charge in [0, 0.05) is 7.11 Å². The number of nitrogens with one attached hydrogen (secondary N) is 1. The summed E-state index contributed by atoms with van der Waals surface area (Å²) in [6.07, 6.45) is 2.95. The van der Waals surface area contributed by atoms with E-state index >= 15 is 0 Å². The van der Waals surface area contributed by atoms with Crippen molar-refractivity contribution in [3.63, 3.8) is 0 Å². The minimum atomic E-state index is 0.0150. The van der Waals surface area contributed by atoms with Crippen LogP contribution in [-0.2, 0) is 9.53 Å². The number of rotatable bonds is 6. The zero-order valence-electron chi connectivity index (χ0n) is 9.95. The van der Waals surface area contributed by atoms with Crippen LogP contribution < -0.4 is 5.32 Å². The van der Waals surface area contributed by atoms with Crippen LogP contribution in [0.5, 0.6) is 0 Å². The van der Waals surface area contributed by atoms with Crippen LogP contribution in [0.3, 0.4) is 0 Å². The molecule has 15 heavy (non-hydrogen) atoms. The minimum absolute atomic E-state index is 0.0150. The van der Waals surface area contributed by atoms with Crippen LogP contribution in [0.4, 0.5) is 0 Å². The van der Waals surface area contributed by atoms with Gasteiger partial charge >= 0.3 is 0 Å². The monoisotopic (exact) mass is 214 g/mol. The lowest BCUT2D eigenvalue weighted by atomic mass is 10.1. The van der Waals surface area contributed by atoms with Crippen molar-refractivity contribution in [2.45, 2.75) is 45.2 Å². The fraction of sp³-hybridized carbons (Fsp3) is 0.909. The van der Waals surface area contributed by atoms with E-state index in [-0.39, 0.29) is 18.0 Å². The van der Waals surface area contributed by atoms with Crippen molar-refractivity contribution in [1.82, 2.24) is 10.2 Å². The van der Waals surface area contributed by atoms with Crippen LogP contribution >= 0.6 is 0 Å². The Balaban J connectivity index is 2.56. The van der Waals surface area contributed by atoms with E-state index in [1.807, 2.05) is 11.8 Å². The predicted octanol–water partition coefficient (Wildman–Crippen LogP) is 0.969. The predicted molar refractivity (Wildman–Crippen MR) is 59.5 cm³/mol. The highest BCUT2D eigenvalue weighted by Crippen LogP contribution is 2.14. The smallest absolute Gasteiger partial charge is 0.241 e. The van der Waals surface area contributed by atoms with Gasteiger partial charge in [-0.15, -0.1) is 0 Å². The SMILES string of the molecule is CCCC(COC)N1CNC(CC)C1=O. The highest BCUT2D eigenvalue weighted by atomic mass is 16.5. The summed E-state index contributed by atoms with van der Waals surface area (Å²) in [6.45, 7) is 5.47. The van der Waals surface area contributed by atoms with Crippen molar-refractivity contribution in [2.75, 3.05) is 20.4 Å². The van der Waals surface area contributed by atoms with Crippen LogP contribution in [0.2, 0.25) is 0 Å². The maximum absolute atomic E-state index is 11.9. The Morgan fingerprint density at radius 2 is 2.33 bits per heavy atom. The normalized spacial score (nSPS) is 23.5. The minimum Gasteiger partial charge on any atom is -0.383 e. The zero-order chi connectivity index (χ0) is 11.3. The van der Waals surface area contributed by atoms with Gasteiger partial charge in [-0.2, -0.15) is 0 Å². The van der Waals surface area contributed by atoms with Crippen LogP contribution in [0.25, 0.3) is 0 Å². The molecule has 4 nitrogen and oxygen atoms in total. The van der Waals surface area contributed by atoms with Gasteiger partial charge in [0.15, 0.2) is 0 Å². The Kier molecular flexibility index (Phi) is 5.05. The van der Waals surface area contributed by atoms with Gasteiger partial charge in [0.1, 0.15) is 0 Å². The molecule has 1 aliphatic heterocycles. The van der Waals surface area contributed by atoms with E-state index < -0.39 is 0 Å². The van der Waals surface area contributed by atoms with E-state index in [4.69, 9.17) is 4.74 Å². The Morgan fingerprint density at radius 1 is 1.60 bits per heavy atom. The number of hydrogen-bond acceptors (Lipinski definition) is 3. The van der Waals surface area contributed by atoms with Gasteiger partial charge in [-0.3, -0.25) is 10.1 Å². The molecule has 0 bridgehead atoms. The van der Waals surface area contributed by atoms with Crippen LogP contribution in [0.15, 0.2) is 0 Å². The molecule has 88 valence electrons. The number of ether oxygens (including phenoxy) is 1. The second-order valence-corrected chi connectivity index (χ2v) is 4.03. The van der Waals surface area contributed by atoms with Gasteiger partial charge in [0.05, 0.1) is 25.4 Å². The molecule has 4 heteroatoms. The van der Waals surface area contributed by atoms with E-state index in [2.05, 4.69) is 12.2 Å². The number of nitrogens with zero attached hydrogens (tertiary/aromatic N) is 1. The standard InChI is InChI=1S/C11H22N2O2/c1-4-6-9(7-15-3)13-8-12-10(5-2)11(13)14/h9-10,12H,4-8H2,1-3H3. The van der Waals surface area contributed by atoms with Crippen molar-refractivity contribution in [1.29, 1.82) is 0 Å². The molecule has 0 spiro atoms. The molecule has 0 saturated carbocycles. The topological polar surface area (TPSA) is 41.6 Å². The molecule has 0 aliphatic carbocycles. The molecule has 2 atom stereocenters. The summed E-state index contributed by atoms with van der Waals surface area (Å²) < 4.78 is 5.16. The van der Waals surface area contributed by atoms with Crippen LogP contribution in [0, 0.1) is 0 Å². The summed E-state index contributed by atoms with van der Waals surface area (Å²) in [5.41, 5.74) is 0. The van der Waals surface area contributed by atoms with Gasteiger partial charge in [-0.05, 0) is 12.8 Å². The molecule has 1 heterocycles. The zero-order valence-corrected chi connectivity index (χ0v) is 9.95. The highest BCUT2D eigenvalue weighted by Gasteiger charge is 2.33. The second kappa shape index (κ2) is 6.08. The molecule has 0 aromatic heterocycles. The summed E-state index contributed by atoms with van der Waals surface area (Å²) in [5.74, 6) is 0.230. The third-order valence-corrected chi connectivity index (χ3v) is 2.92. The average molecular weight is 214 g/mol. The molecule has 0 radical (unpaired) electrons. The number of carbonyl (C=O) groups excluding carboxylic acids is 1. The molecule has 1 fully saturated rings. The van der Waals surface area contributed by atoms with Crippen LogP contribution in [0.1, 0.15) is 33.1 Å². The molecule has 1 rings (SSSR count). The molecule has 1 saturated heterocycles. The lowest BCUT2D eigenvalue weighted by Crippen LogP contribution is -2.41. The number of hydrogen-bond donors (Lipinski definition) is 1. The number of carbonyl (C=O) groups is 1. The van der Waals surface area contributed by atoms with Gasteiger partial charge in [-0.25, -0.2) is 0 Å². The molecular weight excluding hydrogens is 192 g/mol. The molecule has 0 aromatic rings. The summed E-state index contributed by atoms with van der Waals surface area (Å²) >= 11 is 0. The van der Waals surface area contributed by atoms with Gasteiger partial charge in [-0.1, -0.05) is 20.3 Å². The first-order valence-corrected chi connectivity index (χ1v) is 5.77. The van der Waals surface area contributed by atoms with E-state index in [9.17, 15) is 4.79 Å². The summed E-state index contributed by atoms with van der Waals surface area (Å²) in [5, 5.41) is 3.22. The quantitative estimate of drug-likeness (QED) is 0.716. The Labute approximate surface area is 92.0 Å². The van der Waals surface area contributed by atoms with E-state index in [0.717, 1.165) is 19.3 Å². The summed E-state index contributed by atoms with van der Waals surface area (Å²) in [4.78, 5) is 13.9. The summed E-state index contributed by atoms with van der Waals surface area (Å²) in [6, 6.07) is 0.248. The highest BCUT2D eigenvalue weighted by molar-refractivity contribution is 5.84. The maximum atomic E-state index is 11.9. The van der Waals surface area contributed by atoms with Crippen molar-refractivity contribution in [3.05, 3.63) is 0 Å². The molecule has 2 unspecified atom stereocenters. The Morgan fingerprint density at radius 3 is 2.80 bits per heavy atom. The lowest BCUT2D eigenvalue weighted by Gasteiger charge is -2.26. The molecule has 1 amide bonds. The van der Waals surface area contributed by atoms with Crippen molar-refractivity contribution in [3.8, 4) is 0 Å². The van der Waals surface area contributed by atoms with E-state index in [1.165, 1.54) is 0 Å². The Hall–Kier alpha value is -0.610. The third-order valence-electron chi connectivity index (χ3n) is 2.92. The van der Waals surface area contributed by atoms with E-state index in [0.29, 0.717) is 13.3 Å². The van der Waals surface area contributed by atoms with E-state index in [1.54, 1.807) is 7.11 Å². The fourth-order valence-electron chi connectivity index (χ4n) is 2.06. The van der Waals surface area contributed by atoms with Gasteiger partial charge in [0.2, 0.25) is 5.91 Å². The lowest BCUT2D eigenvalue weighted by molar-refractivity contribution is -0.132. The number of methoxy groups -OCH3 is 1. The van der Waals surface area contributed by atoms with Gasteiger partial charge < -0.3 is 9.64 Å². The maximum Gasteiger partial charge on any atom is 0.241 e. The first-order chi connectivity index (χ1) is 7.24. The first kappa shape index (κ1) is 12.5. The van der Waals surface area contributed by atoms with Crippen molar-refractivity contribution in [2.24, 2.45) is 0 Å². The average Bonchev–Trinajstić information content (AvgIpc) is 2.59. The molecule has 1 N–H and O–H groups in total.